The van der Waals surface area contributed by atoms with Crippen molar-refractivity contribution < 1.29 is 94.0 Å². The molecule has 0 heterocycles. The minimum atomic E-state index is -4.66. The average molecular weight is 274 g/mol. The van der Waals surface area contributed by atoms with E-state index in [-0.39, 0.29) is 62.0 Å². The summed E-state index contributed by atoms with van der Waals surface area (Å²) in [6.45, 7) is 0. The molecule has 0 fully saturated rings. The Balaban J connectivity index is -0.000000141. The summed E-state index contributed by atoms with van der Waals surface area (Å²) >= 11 is 0. The number of hydrogen-bond donors (Lipinski definition) is 1. The van der Waals surface area contributed by atoms with Crippen LogP contribution in [0.3, 0.4) is 0 Å². The maximum Gasteiger partial charge on any atom is 1.00 e. The maximum absolute atomic E-state index is 10.8. The van der Waals surface area contributed by atoms with Gasteiger partial charge in [0.2, 0.25) is 0 Å². The van der Waals surface area contributed by atoms with Crippen LogP contribution in [-0.2, 0) is 29.2 Å². The molecule has 0 aromatic carbocycles. The summed E-state index contributed by atoms with van der Waals surface area (Å²) in [6, 6.07) is 0. The average Bonchev–Trinajstić information content (AvgIpc) is 2.10. The van der Waals surface area contributed by atoms with Crippen LogP contribution in [0.25, 0.3) is 0 Å². The van der Waals surface area contributed by atoms with Crippen LogP contribution in [0, 0.1) is 0 Å². The first-order chi connectivity index (χ1) is 6.32. The topological polar surface area (TPSA) is 107 Å². The summed E-state index contributed by atoms with van der Waals surface area (Å²) in [4.78, 5) is 21.5. The Morgan fingerprint density at radius 3 is 1.94 bits per heavy atom. The predicted molar refractivity (Wildman–Crippen MR) is 46.2 cm³/mol. The van der Waals surface area contributed by atoms with E-state index in [0.717, 1.165) is 14.2 Å². The van der Waals surface area contributed by atoms with Crippen molar-refractivity contribution in [3.05, 3.63) is 0 Å². The molecule has 7 nitrogen and oxygen atoms in total. The van der Waals surface area contributed by atoms with E-state index in [1.54, 1.807) is 0 Å². The number of carbonyl (C=O) groups excluding carboxylic acids is 2. The van der Waals surface area contributed by atoms with Gasteiger partial charge in [0.15, 0.2) is 5.25 Å². The second-order valence-electron chi connectivity index (χ2n) is 2.31. The molecule has 0 saturated carbocycles. The predicted octanol–water partition coefficient (Wildman–Crippen LogP) is -6.79. The minimum Gasteiger partial charge on any atom is -1.00 e. The molecule has 1 N–H and O–H groups in total. The van der Waals surface area contributed by atoms with Gasteiger partial charge >= 0.3 is 71.1 Å². The van der Waals surface area contributed by atoms with Crippen molar-refractivity contribution in [1.82, 2.24) is 0 Å². The van der Waals surface area contributed by atoms with E-state index in [4.69, 9.17) is 4.55 Å². The number of rotatable bonds is 4. The molecule has 0 amide bonds. The molecule has 0 bridgehead atoms. The summed E-state index contributed by atoms with van der Waals surface area (Å²) in [5.74, 6) is -2.14. The minimum absolute atomic E-state index is 0. The molecule has 1 unspecified atom stereocenters. The molecule has 0 rings (SSSR count). The Morgan fingerprint density at radius 2 is 1.69 bits per heavy atom. The molecule has 86 valence electrons. The third-order valence-corrected chi connectivity index (χ3v) is 2.48. The Hall–Kier alpha value is 0.850. The number of hydrogen-bond acceptors (Lipinski definition) is 6. The third-order valence-electron chi connectivity index (χ3n) is 1.40. The van der Waals surface area contributed by atoms with Crippen molar-refractivity contribution in [2.45, 2.75) is 11.7 Å². The van der Waals surface area contributed by atoms with Gasteiger partial charge in [0, 0.05) is 0 Å². The molecule has 0 radical (unpaired) electrons. The van der Waals surface area contributed by atoms with E-state index in [1.165, 1.54) is 0 Å². The molecule has 0 aromatic rings. The van der Waals surface area contributed by atoms with Gasteiger partial charge in [-0.1, -0.05) is 0 Å². The monoisotopic (exact) mass is 274 g/mol. The SMILES string of the molecule is COC(=O)CC(C(=O)OC)S(=O)(=O)O.[H-].[H-].[Na+].[Na+]. The first kappa shape index (κ1) is 22.1. The fourth-order valence-corrected chi connectivity index (χ4v) is 1.36. The molecule has 0 aliphatic heterocycles. The summed E-state index contributed by atoms with van der Waals surface area (Å²) in [5, 5.41) is -1.93. The quantitative estimate of drug-likeness (QED) is 0.308. The Kier molecular flexibility index (Phi) is 13.6. The number of carbonyl (C=O) groups is 2. The third kappa shape index (κ3) is 8.02. The molecule has 0 aromatic heterocycles. The number of methoxy groups -OCH3 is 2. The van der Waals surface area contributed by atoms with Crippen LogP contribution in [0.1, 0.15) is 9.27 Å². The van der Waals surface area contributed by atoms with E-state index in [2.05, 4.69) is 9.47 Å². The van der Waals surface area contributed by atoms with Crippen molar-refractivity contribution in [1.29, 1.82) is 0 Å². The van der Waals surface area contributed by atoms with Crippen molar-refractivity contribution in [3.63, 3.8) is 0 Å². The van der Waals surface area contributed by atoms with Crippen molar-refractivity contribution >= 4 is 22.1 Å². The van der Waals surface area contributed by atoms with Gasteiger partial charge in [-0.25, -0.2) is 0 Å². The second kappa shape index (κ2) is 9.84. The van der Waals surface area contributed by atoms with E-state index in [1.807, 2.05) is 0 Å². The van der Waals surface area contributed by atoms with Crippen LogP contribution >= 0.6 is 0 Å². The molecule has 0 aliphatic carbocycles. The number of esters is 2. The van der Waals surface area contributed by atoms with Gasteiger partial charge in [-0.05, 0) is 0 Å². The Bertz CT molecular complexity index is 335. The summed E-state index contributed by atoms with van der Waals surface area (Å²) in [7, 11) is -2.69. The van der Waals surface area contributed by atoms with Crippen LogP contribution < -0.4 is 59.1 Å². The molecular formula is C6H12Na2O7S. The summed E-state index contributed by atoms with van der Waals surface area (Å²) in [6.07, 6.45) is -0.776. The number of ether oxygens (including phenoxy) is 2. The van der Waals surface area contributed by atoms with Crippen LogP contribution in [0.5, 0.6) is 0 Å². The molecule has 16 heavy (non-hydrogen) atoms. The van der Waals surface area contributed by atoms with E-state index in [0.29, 0.717) is 0 Å². The Morgan fingerprint density at radius 1 is 1.25 bits per heavy atom. The molecule has 1 atom stereocenters. The van der Waals surface area contributed by atoms with Crippen LogP contribution in [0.4, 0.5) is 0 Å². The van der Waals surface area contributed by atoms with Crippen LogP contribution in [0.15, 0.2) is 0 Å². The normalized spacial score (nSPS) is 11.4. The summed E-state index contributed by atoms with van der Waals surface area (Å²) < 4.78 is 38.1. The molecule has 0 saturated heterocycles. The first-order valence-corrected chi connectivity index (χ1v) is 4.94. The van der Waals surface area contributed by atoms with Crippen molar-refractivity contribution in [2.75, 3.05) is 14.2 Å². The molecule has 10 heteroatoms. The standard InChI is InChI=1S/C6H10O7S.2Na.2H/c1-12-5(7)3-4(6(8)13-2)14(9,10)11;;;;/h4H,3H2,1-2H3,(H,9,10,11);;;;/q;2*+1;2*-1. The Labute approximate surface area is 141 Å². The van der Waals surface area contributed by atoms with Gasteiger partial charge in [0.1, 0.15) is 0 Å². The first-order valence-electron chi connectivity index (χ1n) is 3.44. The molecule has 0 aliphatic rings. The van der Waals surface area contributed by atoms with Gasteiger partial charge in [-0.3, -0.25) is 14.1 Å². The van der Waals surface area contributed by atoms with Gasteiger partial charge in [-0.15, -0.1) is 0 Å². The van der Waals surface area contributed by atoms with Crippen molar-refractivity contribution in [3.8, 4) is 0 Å². The molecule has 0 spiro atoms. The van der Waals surface area contributed by atoms with Crippen LogP contribution in [-0.4, -0.2) is 44.4 Å². The van der Waals surface area contributed by atoms with Crippen molar-refractivity contribution in [2.24, 2.45) is 0 Å². The van der Waals surface area contributed by atoms with Gasteiger partial charge in [0.25, 0.3) is 10.1 Å². The van der Waals surface area contributed by atoms with Gasteiger partial charge in [-0.2, -0.15) is 8.42 Å². The zero-order valence-electron chi connectivity index (χ0n) is 11.6. The largest absolute Gasteiger partial charge is 1.00 e. The fraction of sp³-hybridized carbons (Fsp3) is 0.667. The van der Waals surface area contributed by atoms with Crippen LogP contribution in [0.2, 0.25) is 0 Å². The molecular weight excluding hydrogens is 262 g/mol. The zero-order chi connectivity index (χ0) is 11.4. The fourth-order valence-electron chi connectivity index (χ4n) is 0.676. The van der Waals surface area contributed by atoms with E-state index in [9.17, 15) is 18.0 Å². The summed E-state index contributed by atoms with van der Waals surface area (Å²) in [5.41, 5.74) is 0. The second-order valence-corrected chi connectivity index (χ2v) is 3.91. The van der Waals surface area contributed by atoms with Gasteiger partial charge < -0.3 is 12.3 Å². The van der Waals surface area contributed by atoms with Gasteiger partial charge in [0.05, 0.1) is 20.6 Å². The zero-order valence-corrected chi connectivity index (χ0v) is 14.4. The van der Waals surface area contributed by atoms with E-state index >= 15 is 0 Å². The smallest absolute Gasteiger partial charge is 1.00 e. The van der Waals surface area contributed by atoms with E-state index < -0.39 is 33.7 Å². The maximum atomic E-state index is 10.8.